The lowest BCUT2D eigenvalue weighted by Gasteiger charge is -2.27. The van der Waals surface area contributed by atoms with E-state index in [-0.39, 0.29) is 17.9 Å². The summed E-state index contributed by atoms with van der Waals surface area (Å²) in [6.07, 6.45) is 2.43. The Balaban J connectivity index is 1.81. The Bertz CT molecular complexity index is 847. The number of rotatable bonds is 6. The molecule has 9 heteroatoms. The summed E-state index contributed by atoms with van der Waals surface area (Å²) in [6.45, 7) is 0.369. The van der Waals surface area contributed by atoms with Crippen LogP contribution in [0.5, 0.6) is 0 Å². The summed E-state index contributed by atoms with van der Waals surface area (Å²) < 4.78 is 33.0. The molecule has 1 aliphatic heterocycles. The zero-order valence-corrected chi connectivity index (χ0v) is 16.3. The van der Waals surface area contributed by atoms with Crippen LogP contribution < -0.4 is 5.32 Å². The number of likely N-dealkylation sites (tertiary alicyclic amines) is 1. The first-order chi connectivity index (χ1) is 13.4. The normalized spacial score (nSPS) is 22.2. The van der Waals surface area contributed by atoms with E-state index in [1.54, 1.807) is 18.1 Å². The maximum atomic E-state index is 14.5. The van der Waals surface area contributed by atoms with E-state index in [2.05, 4.69) is 10.3 Å². The second-order valence-corrected chi connectivity index (χ2v) is 7.58. The predicted octanol–water partition coefficient (Wildman–Crippen LogP) is 2.31. The summed E-state index contributed by atoms with van der Waals surface area (Å²) in [7, 11) is 2.87. The molecule has 1 N–H and O–H groups in total. The smallest absolute Gasteiger partial charge is 0.323 e. The van der Waals surface area contributed by atoms with E-state index in [1.165, 1.54) is 30.6 Å². The minimum atomic E-state index is -1.01. The summed E-state index contributed by atoms with van der Waals surface area (Å²) in [6, 6.07) is 2.36. The van der Waals surface area contributed by atoms with Crippen molar-refractivity contribution in [2.75, 3.05) is 20.7 Å². The van der Waals surface area contributed by atoms with E-state index in [9.17, 15) is 18.4 Å². The lowest BCUT2D eigenvalue weighted by molar-refractivity contribution is -0.145. The van der Waals surface area contributed by atoms with Crippen LogP contribution in [0.25, 0.3) is 0 Å². The van der Waals surface area contributed by atoms with Crippen molar-refractivity contribution in [2.45, 2.75) is 24.9 Å². The van der Waals surface area contributed by atoms with Gasteiger partial charge in [-0.25, -0.2) is 13.8 Å². The molecule has 0 unspecified atom stereocenters. The van der Waals surface area contributed by atoms with Crippen molar-refractivity contribution in [3.05, 3.63) is 52.0 Å². The predicted molar refractivity (Wildman–Crippen MR) is 99.6 cm³/mol. The third-order valence-corrected chi connectivity index (χ3v) is 5.86. The van der Waals surface area contributed by atoms with Crippen molar-refractivity contribution < 1.29 is 23.1 Å². The molecule has 3 atom stereocenters. The number of likely N-dealkylation sites (N-methyl/N-ethyl adjacent to an activating group) is 1. The van der Waals surface area contributed by atoms with Gasteiger partial charge in [-0.15, -0.1) is 11.3 Å². The molecular formula is C19H21F2N3O3S. The molecule has 1 aliphatic rings. The fourth-order valence-electron chi connectivity index (χ4n) is 3.65. The zero-order chi connectivity index (χ0) is 20.3. The number of esters is 1. The van der Waals surface area contributed by atoms with Gasteiger partial charge in [0.25, 0.3) is 0 Å². The number of benzene rings is 1. The second kappa shape index (κ2) is 8.74. The van der Waals surface area contributed by atoms with Crippen molar-refractivity contribution in [3.63, 3.8) is 0 Å². The largest absolute Gasteiger partial charge is 0.468 e. The monoisotopic (exact) mass is 409 g/mol. The molecule has 1 aromatic heterocycles. The lowest BCUT2D eigenvalue weighted by atomic mass is 9.91. The van der Waals surface area contributed by atoms with Crippen LogP contribution in [-0.4, -0.2) is 48.5 Å². The number of ether oxygens (including phenoxy) is 1. The summed E-state index contributed by atoms with van der Waals surface area (Å²) in [5.41, 5.74) is 0.0500. The van der Waals surface area contributed by atoms with Crippen molar-refractivity contribution >= 4 is 23.2 Å². The van der Waals surface area contributed by atoms with E-state index in [4.69, 9.17) is 4.74 Å². The van der Waals surface area contributed by atoms with E-state index >= 15 is 0 Å². The van der Waals surface area contributed by atoms with Gasteiger partial charge in [0.05, 0.1) is 18.0 Å². The van der Waals surface area contributed by atoms with Gasteiger partial charge in [0.1, 0.15) is 6.04 Å². The number of methoxy groups -OCH3 is 1. The molecular weight excluding hydrogens is 388 g/mol. The third-order valence-electron chi connectivity index (χ3n) is 5.02. The Labute approximate surface area is 165 Å². The minimum Gasteiger partial charge on any atom is -0.468 e. The maximum Gasteiger partial charge on any atom is 0.323 e. The fourth-order valence-corrected chi connectivity index (χ4v) is 4.27. The number of thiazole rings is 1. The van der Waals surface area contributed by atoms with Crippen molar-refractivity contribution in [3.8, 4) is 0 Å². The number of hydrogen-bond acceptors (Lipinski definition) is 6. The molecule has 0 aliphatic carbocycles. The Morgan fingerprint density at radius 1 is 1.39 bits per heavy atom. The minimum absolute atomic E-state index is 0.0500. The number of hydrogen-bond donors (Lipinski definition) is 1. The van der Waals surface area contributed by atoms with Gasteiger partial charge in [0.2, 0.25) is 5.91 Å². The first kappa shape index (κ1) is 20.3. The first-order valence-corrected chi connectivity index (χ1v) is 9.71. The Morgan fingerprint density at radius 3 is 2.86 bits per heavy atom. The highest BCUT2D eigenvalue weighted by atomic mass is 32.1. The molecule has 1 saturated heterocycles. The molecule has 1 amide bonds. The van der Waals surface area contributed by atoms with E-state index in [1.807, 2.05) is 5.38 Å². The van der Waals surface area contributed by atoms with Crippen molar-refractivity contribution in [1.82, 2.24) is 15.2 Å². The van der Waals surface area contributed by atoms with Gasteiger partial charge in [-0.3, -0.25) is 14.5 Å². The van der Waals surface area contributed by atoms with Gasteiger partial charge in [-0.1, -0.05) is 12.1 Å². The van der Waals surface area contributed by atoms with Crippen LogP contribution in [0, 0.1) is 17.6 Å². The Hall–Kier alpha value is -2.39. The highest BCUT2D eigenvalue weighted by Gasteiger charge is 2.47. The van der Waals surface area contributed by atoms with Gasteiger partial charge in [-0.05, 0) is 19.5 Å². The Kier molecular flexibility index (Phi) is 6.35. The molecule has 28 heavy (non-hydrogen) atoms. The van der Waals surface area contributed by atoms with E-state index in [0.717, 1.165) is 11.1 Å². The molecule has 0 radical (unpaired) electrons. The summed E-state index contributed by atoms with van der Waals surface area (Å²) in [5, 5.41) is 5.57. The maximum absolute atomic E-state index is 14.5. The second-order valence-electron chi connectivity index (χ2n) is 6.60. The van der Waals surface area contributed by atoms with Crippen molar-refractivity contribution in [2.24, 2.45) is 5.92 Å². The van der Waals surface area contributed by atoms with Crippen LogP contribution in [0.1, 0.15) is 23.0 Å². The number of amides is 1. The quantitative estimate of drug-likeness (QED) is 0.742. The van der Waals surface area contributed by atoms with E-state index < -0.39 is 35.6 Å². The Morgan fingerprint density at radius 2 is 2.18 bits per heavy atom. The van der Waals surface area contributed by atoms with Gasteiger partial charge >= 0.3 is 5.97 Å². The number of carbonyl (C=O) groups excluding carboxylic acids is 2. The number of aromatic nitrogens is 1. The average molecular weight is 409 g/mol. The van der Waals surface area contributed by atoms with Crippen LogP contribution in [0.15, 0.2) is 29.8 Å². The number of halogens is 2. The first-order valence-electron chi connectivity index (χ1n) is 8.83. The molecule has 0 saturated carbocycles. The molecule has 0 spiro atoms. The third kappa shape index (κ3) is 4.05. The highest BCUT2D eigenvalue weighted by Crippen LogP contribution is 2.41. The molecule has 150 valence electrons. The van der Waals surface area contributed by atoms with Crippen LogP contribution in [-0.2, 0) is 20.7 Å². The van der Waals surface area contributed by atoms with Crippen LogP contribution in [0.2, 0.25) is 0 Å². The molecule has 0 bridgehead atoms. The van der Waals surface area contributed by atoms with Crippen LogP contribution in [0.3, 0.4) is 0 Å². The van der Waals surface area contributed by atoms with Gasteiger partial charge < -0.3 is 10.1 Å². The van der Waals surface area contributed by atoms with Gasteiger partial charge in [-0.2, -0.15) is 0 Å². The summed E-state index contributed by atoms with van der Waals surface area (Å²) in [4.78, 5) is 30.7. The van der Waals surface area contributed by atoms with Crippen LogP contribution >= 0.6 is 11.3 Å². The zero-order valence-electron chi connectivity index (χ0n) is 15.5. The summed E-state index contributed by atoms with van der Waals surface area (Å²) >= 11 is 1.49. The average Bonchev–Trinajstić information content (AvgIpc) is 3.31. The molecule has 1 fully saturated rings. The fraction of sp³-hybridized carbons (Fsp3) is 0.421. The summed E-state index contributed by atoms with van der Waals surface area (Å²) in [5.74, 6) is -3.55. The molecule has 3 rings (SSSR count). The van der Waals surface area contributed by atoms with Crippen LogP contribution in [0.4, 0.5) is 8.78 Å². The van der Waals surface area contributed by atoms with Gasteiger partial charge in [0, 0.05) is 36.1 Å². The molecule has 6 nitrogen and oxygen atoms in total. The van der Waals surface area contributed by atoms with Gasteiger partial charge in [0.15, 0.2) is 11.6 Å². The number of carbonyl (C=O) groups is 2. The topological polar surface area (TPSA) is 71.5 Å². The SMILES string of the molecule is COC(=O)[C@H]1C[C@@H](C(=O)NCCc2nccs2)[C@@H](c2cccc(F)c2F)N1C. The number of nitrogens with one attached hydrogen (secondary N) is 1. The van der Waals surface area contributed by atoms with E-state index in [0.29, 0.717) is 13.0 Å². The lowest BCUT2D eigenvalue weighted by Crippen LogP contribution is -2.37. The standard InChI is InChI=1S/C19H21F2N3O3S/c1-24-14(19(26)27-2)10-12(17(24)11-4-3-5-13(20)16(11)21)18(25)23-7-6-15-22-8-9-28-15/h3-5,8-9,12,14,17H,6-7,10H2,1-2H3,(H,23,25)/t12-,14-,17-/m1/s1. The highest BCUT2D eigenvalue weighted by molar-refractivity contribution is 7.09. The van der Waals surface area contributed by atoms with Crippen molar-refractivity contribution in [1.29, 1.82) is 0 Å². The number of nitrogens with zero attached hydrogens (tertiary/aromatic N) is 2. The molecule has 2 heterocycles. The molecule has 2 aromatic rings. The molecule has 1 aromatic carbocycles.